The third kappa shape index (κ3) is 3.68. The van der Waals surface area contributed by atoms with Gasteiger partial charge in [-0.1, -0.05) is 29.8 Å². The highest BCUT2D eigenvalue weighted by Gasteiger charge is 2.22. The molecule has 2 nitrogen and oxygen atoms in total. The maximum atomic E-state index is 10.2. The molecule has 0 saturated heterocycles. The first-order valence-electron chi connectivity index (χ1n) is 5.41. The Labute approximate surface area is 110 Å². The minimum atomic E-state index is -0.584. The van der Waals surface area contributed by atoms with Crippen molar-refractivity contribution in [3.05, 3.63) is 22.7 Å². The van der Waals surface area contributed by atoms with Crippen molar-refractivity contribution in [2.45, 2.75) is 37.2 Å². The zero-order valence-corrected chi connectivity index (χ0v) is 12.1. The number of benzene rings is 1. The first-order chi connectivity index (χ1) is 7.50. The topological polar surface area (TPSA) is 46.2 Å². The van der Waals surface area contributed by atoms with Gasteiger partial charge in [-0.3, -0.25) is 0 Å². The number of hydrogen-bond donors (Lipinski definition) is 2. The van der Waals surface area contributed by atoms with E-state index in [9.17, 15) is 5.11 Å². The van der Waals surface area contributed by atoms with Crippen LogP contribution in [0.3, 0.4) is 0 Å². The average Bonchev–Trinajstić information content (AvgIpc) is 2.30. The van der Waals surface area contributed by atoms with Crippen LogP contribution in [0.25, 0.3) is 0 Å². The van der Waals surface area contributed by atoms with Crippen LogP contribution >= 0.6 is 27.7 Å². The molecule has 1 aromatic carbocycles. The van der Waals surface area contributed by atoms with Crippen LogP contribution in [-0.4, -0.2) is 16.5 Å². The van der Waals surface area contributed by atoms with Crippen molar-refractivity contribution in [1.29, 1.82) is 0 Å². The van der Waals surface area contributed by atoms with Crippen molar-refractivity contribution in [2.24, 2.45) is 0 Å². The van der Waals surface area contributed by atoms with Crippen LogP contribution in [0.1, 0.15) is 26.7 Å². The van der Waals surface area contributed by atoms with Gasteiger partial charge in [-0.25, -0.2) is 0 Å². The van der Waals surface area contributed by atoms with Crippen LogP contribution in [0.15, 0.2) is 27.6 Å². The van der Waals surface area contributed by atoms with Gasteiger partial charge in [-0.05, 0) is 31.0 Å². The van der Waals surface area contributed by atoms with Crippen molar-refractivity contribution >= 4 is 33.4 Å². The molecule has 3 N–H and O–H groups in total. The van der Waals surface area contributed by atoms with Crippen LogP contribution in [0, 0.1) is 0 Å². The van der Waals surface area contributed by atoms with Gasteiger partial charge >= 0.3 is 0 Å². The van der Waals surface area contributed by atoms with E-state index >= 15 is 0 Å². The van der Waals surface area contributed by atoms with E-state index < -0.39 is 5.60 Å². The van der Waals surface area contributed by atoms with Crippen molar-refractivity contribution < 1.29 is 5.11 Å². The fourth-order valence-corrected chi connectivity index (χ4v) is 3.09. The summed E-state index contributed by atoms with van der Waals surface area (Å²) in [5, 5.41) is 10.2. The highest BCUT2D eigenvalue weighted by Crippen LogP contribution is 2.32. The van der Waals surface area contributed by atoms with E-state index in [1.807, 2.05) is 32.0 Å². The fraction of sp³-hybridized carbons (Fsp3) is 0.500. The van der Waals surface area contributed by atoms with Gasteiger partial charge in [-0.15, -0.1) is 11.8 Å². The van der Waals surface area contributed by atoms with Crippen LogP contribution in [0.4, 0.5) is 5.69 Å². The van der Waals surface area contributed by atoms with Crippen molar-refractivity contribution in [1.82, 2.24) is 0 Å². The molecule has 0 spiro atoms. The van der Waals surface area contributed by atoms with E-state index in [1.165, 1.54) is 0 Å². The summed E-state index contributed by atoms with van der Waals surface area (Å²) < 4.78 is 1.01. The second-order valence-electron chi connectivity index (χ2n) is 3.90. The summed E-state index contributed by atoms with van der Waals surface area (Å²) in [6.07, 6.45) is 1.54. The van der Waals surface area contributed by atoms with Crippen molar-refractivity contribution in [2.75, 3.05) is 11.5 Å². The lowest BCUT2D eigenvalue weighted by Crippen LogP contribution is -2.29. The normalized spacial score (nSPS) is 11.8. The van der Waals surface area contributed by atoms with Gasteiger partial charge in [0.25, 0.3) is 0 Å². The predicted molar refractivity (Wildman–Crippen MR) is 74.8 cm³/mol. The number of anilines is 1. The minimum absolute atomic E-state index is 0.584. The van der Waals surface area contributed by atoms with E-state index in [4.69, 9.17) is 5.73 Å². The van der Waals surface area contributed by atoms with Gasteiger partial charge in [0.1, 0.15) is 0 Å². The van der Waals surface area contributed by atoms with E-state index in [2.05, 4.69) is 15.9 Å². The Hall–Kier alpha value is -0.190. The number of halogens is 1. The standard InChI is InChI=1S/C12H18BrNOS/c1-3-12(15,4-2)8-16-11-7-9(13)5-6-10(11)14/h5-7,15H,3-4,8,14H2,1-2H3. The van der Waals surface area contributed by atoms with Gasteiger partial charge < -0.3 is 10.8 Å². The Morgan fingerprint density at radius 3 is 2.56 bits per heavy atom. The molecule has 16 heavy (non-hydrogen) atoms. The molecule has 0 heterocycles. The van der Waals surface area contributed by atoms with Crippen LogP contribution in [-0.2, 0) is 0 Å². The molecule has 0 radical (unpaired) electrons. The van der Waals surface area contributed by atoms with Crippen molar-refractivity contribution in [3.63, 3.8) is 0 Å². The smallest absolute Gasteiger partial charge is 0.0736 e. The van der Waals surface area contributed by atoms with Gasteiger partial charge in [0.05, 0.1) is 5.60 Å². The molecule has 0 aromatic heterocycles. The molecular weight excluding hydrogens is 286 g/mol. The summed E-state index contributed by atoms with van der Waals surface area (Å²) in [5.74, 6) is 0.681. The summed E-state index contributed by atoms with van der Waals surface area (Å²) in [4.78, 5) is 1.02. The molecule has 0 aliphatic carbocycles. The predicted octanol–water partition coefficient (Wildman–Crippen LogP) is 3.67. The summed E-state index contributed by atoms with van der Waals surface area (Å²) in [5.41, 5.74) is 6.06. The Kier molecular flexibility index (Phi) is 5.15. The number of hydrogen-bond acceptors (Lipinski definition) is 3. The Bertz CT molecular complexity index is 353. The first-order valence-corrected chi connectivity index (χ1v) is 7.19. The van der Waals surface area contributed by atoms with E-state index in [0.29, 0.717) is 5.75 Å². The Balaban J connectivity index is 2.70. The van der Waals surface area contributed by atoms with Crippen LogP contribution < -0.4 is 5.73 Å². The third-order valence-electron chi connectivity index (χ3n) is 2.79. The summed E-state index contributed by atoms with van der Waals surface area (Å²) in [7, 11) is 0. The summed E-state index contributed by atoms with van der Waals surface area (Å²) >= 11 is 5.03. The highest BCUT2D eigenvalue weighted by molar-refractivity contribution is 9.10. The van der Waals surface area contributed by atoms with E-state index in [1.54, 1.807) is 11.8 Å². The van der Waals surface area contributed by atoms with E-state index in [-0.39, 0.29) is 0 Å². The molecule has 0 amide bonds. The zero-order valence-electron chi connectivity index (χ0n) is 9.66. The SMILES string of the molecule is CCC(O)(CC)CSc1cc(Br)ccc1N. The number of rotatable bonds is 5. The lowest BCUT2D eigenvalue weighted by Gasteiger charge is -2.24. The van der Waals surface area contributed by atoms with Gasteiger partial charge in [0.15, 0.2) is 0 Å². The quantitative estimate of drug-likeness (QED) is 0.644. The second-order valence-corrected chi connectivity index (χ2v) is 5.84. The molecule has 0 aliphatic heterocycles. The molecule has 0 bridgehead atoms. The second kappa shape index (κ2) is 5.94. The van der Waals surface area contributed by atoms with Gasteiger partial charge in [0, 0.05) is 20.8 Å². The minimum Gasteiger partial charge on any atom is -0.398 e. The number of aliphatic hydroxyl groups is 1. The fourth-order valence-electron chi connectivity index (χ4n) is 1.30. The molecule has 1 rings (SSSR count). The molecule has 1 aromatic rings. The molecular formula is C12H18BrNOS. The van der Waals surface area contributed by atoms with Crippen LogP contribution in [0.2, 0.25) is 0 Å². The number of nitrogen functional groups attached to an aromatic ring is 1. The molecule has 90 valence electrons. The maximum Gasteiger partial charge on any atom is 0.0736 e. The largest absolute Gasteiger partial charge is 0.398 e. The maximum absolute atomic E-state index is 10.2. The Morgan fingerprint density at radius 2 is 2.00 bits per heavy atom. The highest BCUT2D eigenvalue weighted by atomic mass is 79.9. The van der Waals surface area contributed by atoms with E-state index in [0.717, 1.165) is 27.9 Å². The summed E-state index contributed by atoms with van der Waals surface area (Å²) in [6, 6.07) is 5.79. The van der Waals surface area contributed by atoms with Gasteiger partial charge in [0.2, 0.25) is 0 Å². The zero-order chi connectivity index (χ0) is 12.2. The van der Waals surface area contributed by atoms with Crippen LogP contribution in [0.5, 0.6) is 0 Å². The number of nitrogens with two attached hydrogens (primary N) is 1. The van der Waals surface area contributed by atoms with Gasteiger partial charge in [-0.2, -0.15) is 0 Å². The lowest BCUT2D eigenvalue weighted by molar-refractivity contribution is 0.0572. The summed E-state index contributed by atoms with van der Waals surface area (Å²) in [6.45, 7) is 4.02. The molecule has 0 saturated carbocycles. The number of thioether (sulfide) groups is 1. The lowest BCUT2D eigenvalue weighted by atomic mass is 10.0. The molecule has 0 fully saturated rings. The third-order valence-corrected chi connectivity index (χ3v) is 4.63. The van der Waals surface area contributed by atoms with Crippen molar-refractivity contribution in [3.8, 4) is 0 Å². The molecule has 0 atom stereocenters. The Morgan fingerprint density at radius 1 is 1.38 bits per heavy atom. The first kappa shape index (κ1) is 13.9. The monoisotopic (exact) mass is 303 g/mol. The average molecular weight is 304 g/mol. The molecule has 4 heteroatoms. The molecule has 0 unspecified atom stereocenters. The molecule has 0 aliphatic rings.